The Morgan fingerprint density at radius 2 is 0.820 bits per heavy atom. The number of hydrogen-bond acceptors (Lipinski definition) is 5. The lowest BCUT2D eigenvalue weighted by Gasteiger charge is -2.11. The molecule has 0 saturated heterocycles. The van der Waals surface area contributed by atoms with Crippen LogP contribution in [0.15, 0.2) is 173 Å². The first-order chi connectivity index (χ1) is 24.8. The highest BCUT2D eigenvalue weighted by Gasteiger charge is 2.19. The Morgan fingerprint density at radius 1 is 0.300 bits per heavy atom. The van der Waals surface area contributed by atoms with E-state index in [1.54, 1.807) is 0 Å². The number of fused-ring (bicyclic) bond motifs is 6. The molecule has 5 nitrogen and oxygen atoms in total. The summed E-state index contributed by atoms with van der Waals surface area (Å²) in [4.78, 5) is 15.3. The van der Waals surface area contributed by atoms with Crippen molar-refractivity contribution < 1.29 is 8.83 Å². The number of benzene rings is 7. The summed E-state index contributed by atoms with van der Waals surface area (Å²) >= 11 is 0. The quantitative estimate of drug-likeness (QED) is 0.187. The molecule has 3 heterocycles. The second-order valence-electron chi connectivity index (χ2n) is 12.4. The van der Waals surface area contributed by atoms with Gasteiger partial charge in [0.2, 0.25) is 0 Å². The summed E-state index contributed by atoms with van der Waals surface area (Å²) in [6, 6.07) is 55.8. The van der Waals surface area contributed by atoms with E-state index in [-0.39, 0.29) is 0 Å². The van der Waals surface area contributed by atoms with Crippen molar-refractivity contribution in [1.29, 1.82) is 0 Å². The summed E-state index contributed by atoms with van der Waals surface area (Å²) in [6.07, 6.45) is 0. The van der Waals surface area contributed by atoms with Gasteiger partial charge in [-0.1, -0.05) is 121 Å². The van der Waals surface area contributed by atoms with Crippen molar-refractivity contribution in [2.24, 2.45) is 0 Å². The summed E-state index contributed by atoms with van der Waals surface area (Å²) in [6.45, 7) is 0. The fourth-order valence-corrected chi connectivity index (χ4v) is 6.99. The van der Waals surface area contributed by atoms with Crippen LogP contribution in [0.2, 0.25) is 0 Å². The molecule has 3 aromatic heterocycles. The molecular weight excluding hydrogens is 615 g/mol. The van der Waals surface area contributed by atoms with Crippen LogP contribution in [0.1, 0.15) is 0 Å². The van der Waals surface area contributed by atoms with E-state index in [2.05, 4.69) is 84.9 Å². The summed E-state index contributed by atoms with van der Waals surface area (Å²) in [5.41, 5.74) is 10.6. The Kier molecular flexibility index (Phi) is 6.42. The molecule has 0 aliphatic rings. The maximum atomic E-state index is 6.45. The lowest BCUT2D eigenvalue weighted by atomic mass is 9.93. The number of hydrogen-bond donors (Lipinski definition) is 0. The summed E-state index contributed by atoms with van der Waals surface area (Å²) < 4.78 is 12.6. The van der Waals surface area contributed by atoms with Gasteiger partial charge in [0.05, 0.1) is 0 Å². The number of para-hydroxylation sites is 1. The third kappa shape index (κ3) is 4.67. The van der Waals surface area contributed by atoms with Crippen LogP contribution in [0.5, 0.6) is 0 Å². The Labute approximate surface area is 287 Å². The fourth-order valence-electron chi connectivity index (χ4n) is 6.99. The van der Waals surface area contributed by atoms with E-state index in [9.17, 15) is 0 Å². The number of nitrogens with zero attached hydrogens (tertiary/aromatic N) is 3. The molecule has 0 atom stereocenters. The van der Waals surface area contributed by atoms with Crippen molar-refractivity contribution in [2.45, 2.75) is 0 Å². The van der Waals surface area contributed by atoms with E-state index in [1.807, 2.05) is 78.9 Å². The van der Waals surface area contributed by atoms with Crippen molar-refractivity contribution in [3.8, 4) is 56.4 Å². The van der Waals surface area contributed by atoms with Gasteiger partial charge in [-0.25, -0.2) is 15.0 Å². The maximum absolute atomic E-state index is 6.45. The third-order valence-corrected chi connectivity index (χ3v) is 9.36. The number of rotatable bonds is 5. The second-order valence-corrected chi connectivity index (χ2v) is 12.4. The molecule has 234 valence electrons. The fraction of sp³-hybridized carbons (Fsp3) is 0. The molecule has 0 aliphatic carbocycles. The smallest absolute Gasteiger partial charge is 0.164 e. The zero-order chi connectivity index (χ0) is 33.0. The zero-order valence-electron chi connectivity index (χ0n) is 26.7. The van der Waals surface area contributed by atoms with Crippen molar-refractivity contribution >= 4 is 43.9 Å². The molecular formula is C45H27N3O2. The standard InChI is InChI=1S/C45H27N3O2/c1-3-12-28(13-4-1)32-16-7-8-17-33(32)30-22-24-40-37(26-30)42-35(19-11-21-41(42)50-40)45-47-43(29-14-5-2-6-15-29)46-44(48-45)31-23-25-39-36(27-31)34-18-9-10-20-38(34)49-39/h1-27H. The first-order valence-corrected chi connectivity index (χ1v) is 16.6. The molecule has 5 heteroatoms. The van der Waals surface area contributed by atoms with E-state index in [4.69, 9.17) is 23.8 Å². The van der Waals surface area contributed by atoms with Gasteiger partial charge < -0.3 is 8.83 Å². The molecule has 0 saturated carbocycles. The van der Waals surface area contributed by atoms with Crippen molar-refractivity contribution in [1.82, 2.24) is 15.0 Å². The lowest BCUT2D eigenvalue weighted by Crippen LogP contribution is -2.00. The topological polar surface area (TPSA) is 65.0 Å². The van der Waals surface area contributed by atoms with Crippen LogP contribution >= 0.6 is 0 Å². The highest BCUT2D eigenvalue weighted by Crippen LogP contribution is 2.40. The Balaban J connectivity index is 1.19. The highest BCUT2D eigenvalue weighted by atomic mass is 16.3. The van der Waals surface area contributed by atoms with Crippen molar-refractivity contribution in [2.75, 3.05) is 0 Å². The molecule has 10 aromatic rings. The maximum Gasteiger partial charge on any atom is 0.164 e. The monoisotopic (exact) mass is 641 g/mol. The van der Waals surface area contributed by atoms with E-state index in [0.29, 0.717) is 17.5 Å². The van der Waals surface area contributed by atoms with E-state index >= 15 is 0 Å². The van der Waals surface area contributed by atoms with Crippen LogP contribution in [-0.4, -0.2) is 15.0 Å². The molecule has 0 N–H and O–H groups in total. The Morgan fingerprint density at radius 3 is 1.62 bits per heavy atom. The normalized spacial score (nSPS) is 11.6. The average molecular weight is 642 g/mol. The van der Waals surface area contributed by atoms with Gasteiger partial charge in [0.25, 0.3) is 0 Å². The van der Waals surface area contributed by atoms with Gasteiger partial charge in [-0.3, -0.25) is 0 Å². The predicted octanol–water partition coefficient (Wildman–Crippen LogP) is 12.0. The third-order valence-electron chi connectivity index (χ3n) is 9.36. The molecule has 0 spiro atoms. The van der Waals surface area contributed by atoms with Crippen molar-refractivity contribution in [3.05, 3.63) is 164 Å². The van der Waals surface area contributed by atoms with Crippen LogP contribution in [-0.2, 0) is 0 Å². The first-order valence-electron chi connectivity index (χ1n) is 16.6. The highest BCUT2D eigenvalue weighted by molar-refractivity contribution is 6.13. The predicted molar refractivity (Wildman–Crippen MR) is 202 cm³/mol. The van der Waals surface area contributed by atoms with E-state index < -0.39 is 0 Å². The summed E-state index contributed by atoms with van der Waals surface area (Å²) in [5, 5.41) is 4.05. The van der Waals surface area contributed by atoms with Gasteiger partial charge in [0.15, 0.2) is 17.5 Å². The van der Waals surface area contributed by atoms with Crippen LogP contribution in [0.25, 0.3) is 100 Å². The average Bonchev–Trinajstić information content (AvgIpc) is 3.76. The Bertz CT molecular complexity index is 2870. The molecule has 50 heavy (non-hydrogen) atoms. The van der Waals surface area contributed by atoms with Crippen LogP contribution in [0, 0.1) is 0 Å². The molecule has 0 amide bonds. The van der Waals surface area contributed by atoms with Crippen molar-refractivity contribution in [3.63, 3.8) is 0 Å². The van der Waals surface area contributed by atoms with Gasteiger partial charge >= 0.3 is 0 Å². The minimum atomic E-state index is 0.578. The second kappa shape index (κ2) is 11.4. The molecule has 0 unspecified atom stereocenters. The number of aromatic nitrogens is 3. The molecule has 0 aliphatic heterocycles. The molecule has 0 fully saturated rings. The molecule has 7 aromatic carbocycles. The number of furan rings is 2. The SMILES string of the molecule is c1ccc(-c2nc(-c3ccc4oc5ccccc5c4c3)nc(-c3cccc4oc5ccc(-c6ccccc6-c6ccccc6)cc5c34)n2)cc1. The largest absolute Gasteiger partial charge is 0.456 e. The lowest BCUT2D eigenvalue weighted by molar-refractivity contribution is 0.668. The summed E-state index contributed by atoms with van der Waals surface area (Å²) in [5.74, 6) is 1.77. The van der Waals surface area contributed by atoms with Gasteiger partial charge in [-0.15, -0.1) is 0 Å². The Hall–Kier alpha value is -6.85. The molecule has 0 radical (unpaired) electrons. The first kappa shape index (κ1) is 28.2. The van der Waals surface area contributed by atoms with E-state index in [0.717, 1.165) is 71.7 Å². The minimum absolute atomic E-state index is 0.578. The zero-order valence-corrected chi connectivity index (χ0v) is 26.7. The van der Waals surface area contributed by atoms with Gasteiger partial charge in [-0.05, 0) is 64.7 Å². The van der Waals surface area contributed by atoms with Gasteiger partial charge in [0.1, 0.15) is 22.3 Å². The van der Waals surface area contributed by atoms with Gasteiger partial charge in [0, 0.05) is 38.2 Å². The molecule has 10 rings (SSSR count). The van der Waals surface area contributed by atoms with Gasteiger partial charge in [-0.2, -0.15) is 0 Å². The van der Waals surface area contributed by atoms with Crippen LogP contribution < -0.4 is 0 Å². The van der Waals surface area contributed by atoms with Crippen LogP contribution in [0.3, 0.4) is 0 Å². The van der Waals surface area contributed by atoms with Crippen LogP contribution in [0.4, 0.5) is 0 Å². The molecule has 0 bridgehead atoms. The van der Waals surface area contributed by atoms with E-state index in [1.165, 1.54) is 11.1 Å². The minimum Gasteiger partial charge on any atom is -0.456 e. The summed E-state index contributed by atoms with van der Waals surface area (Å²) in [7, 11) is 0.